The molecule has 0 N–H and O–H groups in total. The summed E-state index contributed by atoms with van der Waals surface area (Å²) in [5, 5.41) is 0. The standard InChI is InChI=1S/C9H16O2/c1-3-5-7-11-8-9(10)6-4-2/h3H,1,4-8H2,2H3. The summed E-state index contributed by atoms with van der Waals surface area (Å²) in [5.74, 6) is 0.191. The van der Waals surface area contributed by atoms with Crippen molar-refractivity contribution < 1.29 is 9.53 Å². The highest BCUT2D eigenvalue weighted by Crippen LogP contribution is 1.90. The lowest BCUT2D eigenvalue weighted by atomic mass is 10.2. The van der Waals surface area contributed by atoms with Gasteiger partial charge in [-0.2, -0.15) is 0 Å². The van der Waals surface area contributed by atoms with E-state index in [2.05, 4.69) is 6.58 Å². The van der Waals surface area contributed by atoms with E-state index in [9.17, 15) is 4.79 Å². The average Bonchev–Trinajstić information content (AvgIpc) is 1.99. The molecule has 0 fully saturated rings. The van der Waals surface area contributed by atoms with Crippen LogP contribution < -0.4 is 0 Å². The maximum absolute atomic E-state index is 10.9. The summed E-state index contributed by atoms with van der Waals surface area (Å²) in [6, 6.07) is 0. The van der Waals surface area contributed by atoms with Gasteiger partial charge in [0.05, 0.1) is 6.61 Å². The molecule has 0 aromatic rings. The Bertz CT molecular complexity index is 119. The largest absolute Gasteiger partial charge is 0.373 e. The Labute approximate surface area is 68.2 Å². The second kappa shape index (κ2) is 7.48. The van der Waals surface area contributed by atoms with E-state index in [1.807, 2.05) is 6.92 Å². The van der Waals surface area contributed by atoms with Crippen molar-refractivity contribution >= 4 is 5.78 Å². The Kier molecular flexibility index (Phi) is 7.05. The van der Waals surface area contributed by atoms with Gasteiger partial charge in [-0.3, -0.25) is 4.79 Å². The number of carbonyl (C=O) groups is 1. The Balaban J connectivity index is 3.10. The average molecular weight is 156 g/mol. The van der Waals surface area contributed by atoms with Crippen molar-refractivity contribution in [3.05, 3.63) is 12.7 Å². The minimum atomic E-state index is 0.191. The fraction of sp³-hybridized carbons (Fsp3) is 0.667. The molecule has 0 unspecified atom stereocenters. The molecule has 2 nitrogen and oxygen atoms in total. The molecule has 0 heterocycles. The maximum Gasteiger partial charge on any atom is 0.158 e. The number of carbonyl (C=O) groups excluding carboxylic acids is 1. The first-order chi connectivity index (χ1) is 5.31. The van der Waals surface area contributed by atoms with Crippen molar-refractivity contribution in [3.63, 3.8) is 0 Å². The Morgan fingerprint density at radius 3 is 2.91 bits per heavy atom. The van der Waals surface area contributed by atoms with Crippen LogP contribution in [0.3, 0.4) is 0 Å². The molecule has 0 bridgehead atoms. The van der Waals surface area contributed by atoms with Gasteiger partial charge in [0.2, 0.25) is 0 Å². The van der Waals surface area contributed by atoms with Crippen molar-refractivity contribution in [2.75, 3.05) is 13.2 Å². The predicted octanol–water partition coefficient (Wildman–Crippen LogP) is 1.95. The van der Waals surface area contributed by atoms with Crippen LogP contribution in [0.1, 0.15) is 26.2 Å². The number of hydrogen-bond acceptors (Lipinski definition) is 2. The maximum atomic E-state index is 10.9. The van der Waals surface area contributed by atoms with Crippen LogP contribution in [0.25, 0.3) is 0 Å². The molecule has 0 aromatic carbocycles. The quantitative estimate of drug-likeness (QED) is 0.416. The van der Waals surface area contributed by atoms with E-state index < -0.39 is 0 Å². The monoisotopic (exact) mass is 156 g/mol. The molecule has 0 saturated heterocycles. The normalized spacial score (nSPS) is 9.55. The zero-order valence-electron chi connectivity index (χ0n) is 7.14. The fourth-order valence-corrected chi connectivity index (χ4v) is 0.704. The molecule has 0 aliphatic heterocycles. The predicted molar refractivity (Wildman–Crippen MR) is 45.5 cm³/mol. The van der Waals surface area contributed by atoms with Gasteiger partial charge in [-0.15, -0.1) is 6.58 Å². The second-order valence-electron chi connectivity index (χ2n) is 2.42. The fourth-order valence-electron chi connectivity index (χ4n) is 0.704. The number of hydrogen-bond donors (Lipinski definition) is 0. The van der Waals surface area contributed by atoms with Gasteiger partial charge in [-0.25, -0.2) is 0 Å². The third kappa shape index (κ3) is 7.26. The minimum absolute atomic E-state index is 0.191. The molecule has 11 heavy (non-hydrogen) atoms. The summed E-state index contributed by atoms with van der Waals surface area (Å²) >= 11 is 0. The van der Waals surface area contributed by atoms with Gasteiger partial charge in [0.15, 0.2) is 5.78 Å². The summed E-state index contributed by atoms with van der Waals surface area (Å²) < 4.78 is 5.07. The van der Waals surface area contributed by atoms with E-state index in [4.69, 9.17) is 4.74 Å². The lowest BCUT2D eigenvalue weighted by molar-refractivity contribution is -0.123. The van der Waals surface area contributed by atoms with Crippen molar-refractivity contribution in [2.45, 2.75) is 26.2 Å². The highest BCUT2D eigenvalue weighted by atomic mass is 16.5. The topological polar surface area (TPSA) is 26.3 Å². The van der Waals surface area contributed by atoms with Crippen LogP contribution in [0.5, 0.6) is 0 Å². The molecular weight excluding hydrogens is 140 g/mol. The van der Waals surface area contributed by atoms with E-state index in [-0.39, 0.29) is 12.4 Å². The van der Waals surface area contributed by atoms with Gasteiger partial charge in [-0.1, -0.05) is 13.0 Å². The lowest BCUT2D eigenvalue weighted by Crippen LogP contribution is -2.08. The molecule has 0 atom stereocenters. The molecule has 2 heteroatoms. The molecule has 0 radical (unpaired) electrons. The van der Waals surface area contributed by atoms with Crippen LogP contribution in [-0.4, -0.2) is 19.0 Å². The van der Waals surface area contributed by atoms with Crippen molar-refractivity contribution in [1.82, 2.24) is 0 Å². The van der Waals surface area contributed by atoms with E-state index in [0.29, 0.717) is 13.0 Å². The summed E-state index contributed by atoms with van der Waals surface area (Å²) in [6.07, 6.45) is 4.14. The Morgan fingerprint density at radius 1 is 1.64 bits per heavy atom. The van der Waals surface area contributed by atoms with E-state index in [0.717, 1.165) is 12.8 Å². The van der Waals surface area contributed by atoms with E-state index >= 15 is 0 Å². The van der Waals surface area contributed by atoms with Gasteiger partial charge in [0, 0.05) is 6.42 Å². The molecule has 0 aliphatic carbocycles. The van der Waals surface area contributed by atoms with Gasteiger partial charge in [0.1, 0.15) is 6.61 Å². The lowest BCUT2D eigenvalue weighted by Gasteiger charge is -1.99. The van der Waals surface area contributed by atoms with Gasteiger partial charge < -0.3 is 4.74 Å². The van der Waals surface area contributed by atoms with E-state index in [1.54, 1.807) is 6.08 Å². The number of rotatable bonds is 7. The first-order valence-electron chi connectivity index (χ1n) is 4.01. The first-order valence-corrected chi connectivity index (χ1v) is 4.01. The third-order valence-corrected chi connectivity index (χ3v) is 1.26. The Morgan fingerprint density at radius 2 is 2.36 bits per heavy atom. The van der Waals surface area contributed by atoms with Crippen LogP contribution in [0.15, 0.2) is 12.7 Å². The van der Waals surface area contributed by atoms with Crippen LogP contribution in [0, 0.1) is 0 Å². The van der Waals surface area contributed by atoms with Crippen LogP contribution in [-0.2, 0) is 9.53 Å². The Hall–Kier alpha value is -0.630. The molecule has 0 amide bonds. The molecule has 0 aliphatic rings. The number of Topliss-reactive ketones (excluding diaryl/α,β-unsaturated/α-hetero) is 1. The van der Waals surface area contributed by atoms with Crippen LogP contribution in [0.4, 0.5) is 0 Å². The summed E-state index contributed by atoms with van der Waals surface area (Å²) in [4.78, 5) is 10.9. The van der Waals surface area contributed by atoms with Crippen molar-refractivity contribution in [2.24, 2.45) is 0 Å². The molecule has 64 valence electrons. The highest BCUT2D eigenvalue weighted by Gasteiger charge is 1.98. The minimum Gasteiger partial charge on any atom is -0.373 e. The number of ether oxygens (including phenoxy) is 1. The van der Waals surface area contributed by atoms with E-state index in [1.165, 1.54) is 0 Å². The van der Waals surface area contributed by atoms with Gasteiger partial charge in [0.25, 0.3) is 0 Å². The zero-order valence-corrected chi connectivity index (χ0v) is 7.14. The van der Waals surface area contributed by atoms with Crippen molar-refractivity contribution in [3.8, 4) is 0 Å². The second-order valence-corrected chi connectivity index (χ2v) is 2.42. The summed E-state index contributed by atoms with van der Waals surface area (Å²) in [7, 11) is 0. The summed E-state index contributed by atoms with van der Waals surface area (Å²) in [6.45, 7) is 6.41. The van der Waals surface area contributed by atoms with Gasteiger partial charge in [-0.05, 0) is 12.8 Å². The SMILES string of the molecule is C=CCCOCC(=O)CCC. The number of ketones is 1. The van der Waals surface area contributed by atoms with Gasteiger partial charge >= 0.3 is 0 Å². The third-order valence-electron chi connectivity index (χ3n) is 1.26. The van der Waals surface area contributed by atoms with Crippen LogP contribution >= 0.6 is 0 Å². The highest BCUT2D eigenvalue weighted by molar-refractivity contribution is 5.79. The zero-order chi connectivity index (χ0) is 8.53. The first kappa shape index (κ1) is 10.4. The molecule has 0 aromatic heterocycles. The van der Waals surface area contributed by atoms with Crippen LogP contribution in [0.2, 0.25) is 0 Å². The smallest absolute Gasteiger partial charge is 0.158 e. The molecule has 0 rings (SSSR count). The molecule has 0 spiro atoms. The summed E-state index contributed by atoms with van der Waals surface area (Å²) in [5.41, 5.74) is 0. The van der Waals surface area contributed by atoms with Crippen molar-refractivity contribution in [1.29, 1.82) is 0 Å². The molecule has 0 saturated carbocycles. The molecular formula is C9H16O2.